The summed E-state index contributed by atoms with van der Waals surface area (Å²) in [5.41, 5.74) is 3.66. The molecule has 0 aliphatic heterocycles. The number of aryl methyl sites for hydroxylation is 3. The van der Waals surface area contributed by atoms with Crippen LogP contribution in [0.1, 0.15) is 27.2 Å². The number of anilines is 1. The standard InChI is InChI=1S/C21H19N5O2S/c1-12-6-7-15(9-13(12)2)20(28)23-18-11-16(17-5-4-8-29-17)25-26(18)21-22-14(3)10-19(27)24-21/h4-11H,1-3H3,(H,23,28)(H,22,24,27). The maximum absolute atomic E-state index is 12.8. The van der Waals surface area contributed by atoms with Gasteiger partial charge in [-0.1, -0.05) is 12.1 Å². The minimum absolute atomic E-state index is 0.244. The van der Waals surface area contributed by atoms with Gasteiger partial charge in [0.05, 0.1) is 4.88 Å². The topological polar surface area (TPSA) is 92.7 Å². The van der Waals surface area contributed by atoms with E-state index in [1.165, 1.54) is 22.1 Å². The fourth-order valence-electron chi connectivity index (χ4n) is 2.91. The van der Waals surface area contributed by atoms with E-state index in [1.54, 1.807) is 19.1 Å². The maximum atomic E-state index is 12.8. The zero-order valence-electron chi connectivity index (χ0n) is 16.2. The molecule has 8 heteroatoms. The molecule has 2 N–H and O–H groups in total. The van der Waals surface area contributed by atoms with E-state index in [1.807, 2.05) is 43.5 Å². The Morgan fingerprint density at radius 3 is 2.62 bits per heavy atom. The van der Waals surface area contributed by atoms with Crippen molar-refractivity contribution in [1.82, 2.24) is 19.7 Å². The fourth-order valence-corrected chi connectivity index (χ4v) is 3.59. The lowest BCUT2D eigenvalue weighted by atomic mass is 10.1. The minimum atomic E-state index is -0.285. The quantitative estimate of drug-likeness (QED) is 0.539. The summed E-state index contributed by atoms with van der Waals surface area (Å²) >= 11 is 1.54. The monoisotopic (exact) mass is 405 g/mol. The van der Waals surface area contributed by atoms with Crippen LogP contribution in [0.4, 0.5) is 5.82 Å². The van der Waals surface area contributed by atoms with Crippen molar-refractivity contribution in [2.24, 2.45) is 0 Å². The predicted molar refractivity (Wildman–Crippen MR) is 114 cm³/mol. The van der Waals surface area contributed by atoms with E-state index in [0.29, 0.717) is 22.8 Å². The molecule has 1 amide bonds. The molecule has 0 spiro atoms. The second kappa shape index (κ2) is 7.48. The number of hydrogen-bond donors (Lipinski definition) is 2. The first kappa shape index (κ1) is 18.8. The van der Waals surface area contributed by atoms with Crippen LogP contribution < -0.4 is 10.9 Å². The molecule has 0 saturated heterocycles. The number of hydrogen-bond acceptors (Lipinski definition) is 5. The molecule has 1 aromatic carbocycles. The van der Waals surface area contributed by atoms with Crippen LogP contribution in [0.25, 0.3) is 16.5 Å². The Balaban J connectivity index is 1.77. The lowest BCUT2D eigenvalue weighted by Gasteiger charge is -2.09. The summed E-state index contributed by atoms with van der Waals surface area (Å²) in [5.74, 6) is 0.403. The second-order valence-electron chi connectivity index (χ2n) is 6.77. The number of rotatable bonds is 4. The number of aromatic amines is 1. The predicted octanol–water partition coefficient (Wildman–Crippen LogP) is 3.86. The first-order chi connectivity index (χ1) is 13.9. The number of nitrogens with one attached hydrogen (secondary N) is 2. The van der Waals surface area contributed by atoms with E-state index >= 15 is 0 Å². The molecule has 0 radical (unpaired) electrons. The van der Waals surface area contributed by atoms with E-state index in [-0.39, 0.29) is 17.4 Å². The van der Waals surface area contributed by atoms with Gasteiger partial charge in [-0.05, 0) is 55.5 Å². The van der Waals surface area contributed by atoms with Crippen molar-refractivity contribution in [3.05, 3.63) is 80.6 Å². The first-order valence-electron chi connectivity index (χ1n) is 9.01. The Morgan fingerprint density at radius 1 is 1.10 bits per heavy atom. The van der Waals surface area contributed by atoms with Gasteiger partial charge >= 0.3 is 0 Å². The lowest BCUT2D eigenvalue weighted by molar-refractivity contribution is 0.102. The molecule has 3 aromatic heterocycles. The van der Waals surface area contributed by atoms with Gasteiger partial charge in [-0.2, -0.15) is 9.78 Å². The molecule has 0 saturated carbocycles. The van der Waals surface area contributed by atoms with E-state index in [4.69, 9.17) is 0 Å². The molecule has 0 aliphatic rings. The fraction of sp³-hybridized carbons (Fsp3) is 0.143. The molecule has 0 unspecified atom stereocenters. The van der Waals surface area contributed by atoms with Crippen LogP contribution in [0.3, 0.4) is 0 Å². The number of thiophene rings is 1. The lowest BCUT2D eigenvalue weighted by Crippen LogP contribution is -2.19. The molecule has 3 heterocycles. The van der Waals surface area contributed by atoms with E-state index in [9.17, 15) is 9.59 Å². The molecule has 0 fully saturated rings. The first-order valence-corrected chi connectivity index (χ1v) is 9.89. The highest BCUT2D eigenvalue weighted by Gasteiger charge is 2.17. The molecule has 7 nitrogen and oxygen atoms in total. The maximum Gasteiger partial charge on any atom is 0.256 e. The van der Waals surface area contributed by atoms with E-state index < -0.39 is 0 Å². The van der Waals surface area contributed by atoms with Crippen LogP contribution in [0.2, 0.25) is 0 Å². The minimum Gasteiger partial charge on any atom is -0.306 e. The Kier molecular flexibility index (Phi) is 4.85. The van der Waals surface area contributed by atoms with Crippen LogP contribution in [0.5, 0.6) is 0 Å². The third-order valence-electron chi connectivity index (χ3n) is 4.55. The number of nitrogens with zero attached hydrogens (tertiary/aromatic N) is 3. The Labute approximate surface area is 171 Å². The summed E-state index contributed by atoms with van der Waals surface area (Å²) in [6, 6.07) is 12.6. The highest BCUT2D eigenvalue weighted by atomic mass is 32.1. The Hall–Kier alpha value is -3.52. The number of aromatic nitrogens is 4. The highest BCUT2D eigenvalue weighted by Crippen LogP contribution is 2.27. The molecule has 0 atom stereocenters. The molecular formula is C21H19N5O2S. The average Bonchev–Trinajstić information content (AvgIpc) is 3.33. The van der Waals surface area contributed by atoms with Crippen molar-refractivity contribution in [1.29, 1.82) is 0 Å². The van der Waals surface area contributed by atoms with E-state index in [0.717, 1.165) is 16.0 Å². The molecule has 4 rings (SSSR count). The highest BCUT2D eigenvalue weighted by molar-refractivity contribution is 7.13. The van der Waals surface area contributed by atoms with Crippen LogP contribution in [-0.2, 0) is 0 Å². The van der Waals surface area contributed by atoms with Gasteiger partial charge in [0.2, 0.25) is 5.95 Å². The number of amides is 1. The van der Waals surface area contributed by atoms with E-state index in [2.05, 4.69) is 20.4 Å². The van der Waals surface area contributed by atoms with Crippen molar-refractivity contribution in [3.8, 4) is 16.5 Å². The van der Waals surface area contributed by atoms with Gasteiger partial charge in [-0.15, -0.1) is 11.3 Å². The summed E-state index contributed by atoms with van der Waals surface area (Å²) in [5, 5.41) is 9.41. The molecule has 4 aromatic rings. The third kappa shape index (κ3) is 3.88. The zero-order chi connectivity index (χ0) is 20.5. The molecular weight excluding hydrogens is 386 g/mol. The summed E-state index contributed by atoms with van der Waals surface area (Å²) < 4.78 is 1.45. The van der Waals surface area contributed by atoms with Crippen molar-refractivity contribution in [3.63, 3.8) is 0 Å². The van der Waals surface area contributed by atoms with Gasteiger partial charge in [0.15, 0.2) is 0 Å². The third-order valence-corrected chi connectivity index (χ3v) is 5.44. The van der Waals surface area contributed by atoms with Crippen LogP contribution in [0.15, 0.2) is 52.6 Å². The average molecular weight is 405 g/mol. The van der Waals surface area contributed by atoms with Crippen molar-refractivity contribution < 1.29 is 4.79 Å². The molecule has 0 bridgehead atoms. The Morgan fingerprint density at radius 2 is 1.93 bits per heavy atom. The summed E-state index contributed by atoms with van der Waals surface area (Å²) in [6.45, 7) is 5.70. The van der Waals surface area contributed by atoms with Gasteiger partial charge in [-0.3, -0.25) is 14.6 Å². The second-order valence-corrected chi connectivity index (χ2v) is 7.72. The smallest absolute Gasteiger partial charge is 0.256 e. The van der Waals surface area contributed by atoms with Crippen molar-refractivity contribution in [2.75, 3.05) is 5.32 Å². The van der Waals surface area contributed by atoms with Gasteiger partial charge in [0.25, 0.3) is 11.5 Å². The van der Waals surface area contributed by atoms with Gasteiger partial charge in [0.1, 0.15) is 11.5 Å². The normalized spacial score (nSPS) is 10.9. The summed E-state index contributed by atoms with van der Waals surface area (Å²) in [6.07, 6.45) is 0. The summed E-state index contributed by atoms with van der Waals surface area (Å²) in [4.78, 5) is 32.8. The SMILES string of the molecule is Cc1cc(=O)[nH]c(-n2nc(-c3cccs3)cc2NC(=O)c2ccc(C)c(C)c2)n1. The van der Waals surface area contributed by atoms with Crippen molar-refractivity contribution >= 4 is 23.1 Å². The molecule has 0 aliphatic carbocycles. The largest absolute Gasteiger partial charge is 0.306 e. The number of H-pyrrole nitrogens is 1. The van der Waals surface area contributed by atoms with Crippen LogP contribution >= 0.6 is 11.3 Å². The van der Waals surface area contributed by atoms with Crippen LogP contribution in [-0.4, -0.2) is 25.7 Å². The zero-order valence-corrected chi connectivity index (χ0v) is 17.0. The van der Waals surface area contributed by atoms with Crippen LogP contribution in [0, 0.1) is 20.8 Å². The van der Waals surface area contributed by atoms with Crippen molar-refractivity contribution in [2.45, 2.75) is 20.8 Å². The molecule has 146 valence electrons. The van der Waals surface area contributed by atoms with Gasteiger partial charge in [-0.25, -0.2) is 4.98 Å². The van der Waals surface area contributed by atoms with Gasteiger partial charge in [0, 0.05) is 23.4 Å². The molecule has 29 heavy (non-hydrogen) atoms. The Bertz CT molecular complexity index is 1250. The number of carbonyl (C=O) groups excluding carboxylic acids is 1. The number of benzene rings is 1. The van der Waals surface area contributed by atoms with Gasteiger partial charge < -0.3 is 5.32 Å². The number of carbonyl (C=O) groups is 1. The summed E-state index contributed by atoms with van der Waals surface area (Å²) in [7, 11) is 0.